The number of hydrogen-bond donors (Lipinski definition) is 0. The molecular formula is C13H26N2O. The molecule has 0 unspecified atom stereocenters. The van der Waals surface area contributed by atoms with Crippen LogP contribution in [0.4, 0.5) is 0 Å². The first kappa shape index (κ1) is 13.5. The van der Waals surface area contributed by atoms with Gasteiger partial charge < -0.3 is 4.90 Å². The van der Waals surface area contributed by atoms with E-state index < -0.39 is 0 Å². The molecule has 1 rings (SSSR count). The molecule has 0 N–H and O–H groups in total. The summed E-state index contributed by atoms with van der Waals surface area (Å²) in [7, 11) is 0. The minimum atomic E-state index is 0.00912. The lowest BCUT2D eigenvalue weighted by Gasteiger charge is -2.47. The van der Waals surface area contributed by atoms with Crippen LogP contribution in [0, 0.1) is 5.41 Å². The lowest BCUT2D eigenvalue weighted by Crippen LogP contribution is -2.62. The highest BCUT2D eigenvalue weighted by Crippen LogP contribution is 2.29. The van der Waals surface area contributed by atoms with Crippen molar-refractivity contribution in [1.29, 1.82) is 0 Å². The highest BCUT2D eigenvalue weighted by atomic mass is 16.2. The summed E-state index contributed by atoms with van der Waals surface area (Å²) in [6.45, 7) is 15.6. The highest BCUT2D eigenvalue weighted by molar-refractivity contribution is 5.83. The number of carbonyl (C=O) groups excluding carboxylic acids is 1. The van der Waals surface area contributed by atoms with Gasteiger partial charge in [0.25, 0.3) is 0 Å². The van der Waals surface area contributed by atoms with Gasteiger partial charge in [0.15, 0.2) is 0 Å². The maximum Gasteiger partial charge on any atom is 0.240 e. The van der Waals surface area contributed by atoms with Gasteiger partial charge in [0.1, 0.15) is 0 Å². The molecule has 1 atom stereocenters. The van der Waals surface area contributed by atoms with Gasteiger partial charge >= 0.3 is 0 Å². The average molecular weight is 226 g/mol. The van der Waals surface area contributed by atoms with E-state index in [1.165, 1.54) is 0 Å². The van der Waals surface area contributed by atoms with E-state index in [1.54, 1.807) is 0 Å². The zero-order chi connectivity index (χ0) is 12.5. The van der Waals surface area contributed by atoms with Crippen molar-refractivity contribution in [3.63, 3.8) is 0 Å². The van der Waals surface area contributed by atoms with E-state index in [9.17, 15) is 4.79 Å². The molecule has 1 amide bonds. The van der Waals surface area contributed by atoms with E-state index in [-0.39, 0.29) is 11.5 Å². The largest absolute Gasteiger partial charge is 0.340 e. The van der Waals surface area contributed by atoms with Crippen LogP contribution >= 0.6 is 0 Å². The van der Waals surface area contributed by atoms with Crippen molar-refractivity contribution in [2.24, 2.45) is 5.41 Å². The summed E-state index contributed by atoms with van der Waals surface area (Å²) in [6.07, 6.45) is 0. The fourth-order valence-electron chi connectivity index (χ4n) is 2.53. The third-order valence-electron chi connectivity index (χ3n) is 3.37. The number of likely N-dealkylation sites (N-methyl/N-ethyl adjacent to an activating group) is 1. The number of amides is 1. The Labute approximate surface area is 99.8 Å². The lowest BCUT2D eigenvalue weighted by atomic mass is 9.83. The van der Waals surface area contributed by atoms with Crippen molar-refractivity contribution in [1.82, 2.24) is 9.80 Å². The van der Waals surface area contributed by atoms with E-state index in [2.05, 4.69) is 46.4 Å². The van der Waals surface area contributed by atoms with Crippen molar-refractivity contribution >= 4 is 5.91 Å². The van der Waals surface area contributed by atoms with E-state index >= 15 is 0 Å². The number of carbonyl (C=O) groups is 1. The molecule has 0 bridgehead atoms. The smallest absolute Gasteiger partial charge is 0.240 e. The highest BCUT2D eigenvalue weighted by Gasteiger charge is 2.42. The van der Waals surface area contributed by atoms with Gasteiger partial charge in [-0.1, -0.05) is 20.8 Å². The number of piperazine rings is 1. The van der Waals surface area contributed by atoms with Crippen molar-refractivity contribution in [2.75, 3.05) is 19.6 Å². The van der Waals surface area contributed by atoms with Crippen LogP contribution in [0.15, 0.2) is 0 Å². The third-order valence-corrected chi connectivity index (χ3v) is 3.37. The molecule has 1 aliphatic heterocycles. The molecular weight excluding hydrogens is 200 g/mol. The molecule has 0 aromatic heterocycles. The summed E-state index contributed by atoms with van der Waals surface area (Å²) in [5.41, 5.74) is 0.00912. The minimum absolute atomic E-state index is 0.00912. The first-order valence-electron chi connectivity index (χ1n) is 6.33. The van der Waals surface area contributed by atoms with Crippen molar-refractivity contribution in [3.05, 3.63) is 0 Å². The summed E-state index contributed by atoms with van der Waals surface area (Å²) < 4.78 is 0. The Morgan fingerprint density at radius 3 is 2.25 bits per heavy atom. The van der Waals surface area contributed by atoms with Crippen molar-refractivity contribution < 1.29 is 4.79 Å². The van der Waals surface area contributed by atoms with Crippen molar-refractivity contribution in [2.45, 2.75) is 53.6 Å². The maximum atomic E-state index is 12.4. The quantitative estimate of drug-likeness (QED) is 0.719. The maximum absolute atomic E-state index is 12.4. The van der Waals surface area contributed by atoms with Gasteiger partial charge in [-0.3, -0.25) is 9.69 Å². The van der Waals surface area contributed by atoms with Crippen LogP contribution in [-0.2, 0) is 4.79 Å². The molecule has 1 saturated heterocycles. The standard InChI is InChI=1S/C13H26N2O/c1-7-14-8-9-15(10(2)3)11(12(14)16)13(4,5)6/h10-11H,7-9H2,1-6H3/t11-/m1/s1. The van der Waals surface area contributed by atoms with Crippen LogP contribution in [0.1, 0.15) is 41.5 Å². The monoisotopic (exact) mass is 226 g/mol. The Bertz CT molecular complexity index is 255. The molecule has 16 heavy (non-hydrogen) atoms. The predicted octanol–water partition coefficient (Wildman–Crippen LogP) is 1.97. The average Bonchev–Trinajstić information content (AvgIpc) is 2.14. The molecule has 0 aromatic carbocycles. The molecule has 1 aliphatic rings. The molecule has 0 spiro atoms. The molecule has 1 fully saturated rings. The van der Waals surface area contributed by atoms with Crippen LogP contribution in [0.5, 0.6) is 0 Å². The zero-order valence-corrected chi connectivity index (χ0v) is 11.6. The molecule has 94 valence electrons. The second kappa shape index (κ2) is 4.74. The molecule has 0 saturated carbocycles. The van der Waals surface area contributed by atoms with Gasteiger partial charge in [0, 0.05) is 25.7 Å². The van der Waals surface area contributed by atoms with E-state index in [4.69, 9.17) is 0 Å². The second-order valence-electron chi connectivity index (χ2n) is 6.02. The fourth-order valence-corrected chi connectivity index (χ4v) is 2.53. The molecule has 3 nitrogen and oxygen atoms in total. The van der Waals surface area contributed by atoms with Crippen LogP contribution < -0.4 is 0 Å². The summed E-state index contributed by atoms with van der Waals surface area (Å²) in [6, 6.07) is 0.466. The predicted molar refractivity (Wildman–Crippen MR) is 67.3 cm³/mol. The van der Waals surface area contributed by atoms with E-state index in [1.807, 2.05) is 4.90 Å². The van der Waals surface area contributed by atoms with Gasteiger partial charge in [-0.15, -0.1) is 0 Å². The van der Waals surface area contributed by atoms with Crippen LogP contribution in [0.3, 0.4) is 0 Å². The van der Waals surface area contributed by atoms with Crippen LogP contribution in [-0.4, -0.2) is 47.4 Å². The Morgan fingerprint density at radius 1 is 1.31 bits per heavy atom. The Kier molecular flexibility index (Phi) is 4.00. The summed E-state index contributed by atoms with van der Waals surface area (Å²) in [4.78, 5) is 16.7. The molecule has 0 aliphatic carbocycles. The molecule has 1 heterocycles. The number of nitrogens with zero attached hydrogens (tertiary/aromatic N) is 2. The van der Waals surface area contributed by atoms with Crippen LogP contribution in [0.2, 0.25) is 0 Å². The van der Waals surface area contributed by atoms with Crippen LogP contribution in [0.25, 0.3) is 0 Å². The summed E-state index contributed by atoms with van der Waals surface area (Å²) in [5, 5.41) is 0. The minimum Gasteiger partial charge on any atom is -0.340 e. The Hall–Kier alpha value is -0.570. The SMILES string of the molecule is CCN1CCN(C(C)C)[C@@H](C(C)(C)C)C1=O. The third kappa shape index (κ3) is 2.57. The second-order valence-corrected chi connectivity index (χ2v) is 6.02. The van der Waals surface area contributed by atoms with E-state index in [0.717, 1.165) is 19.6 Å². The van der Waals surface area contributed by atoms with Gasteiger partial charge in [-0.2, -0.15) is 0 Å². The molecule has 3 heteroatoms. The first-order valence-corrected chi connectivity index (χ1v) is 6.33. The van der Waals surface area contributed by atoms with Gasteiger partial charge in [-0.05, 0) is 26.2 Å². The molecule has 0 radical (unpaired) electrons. The summed E-state index contributed by atoms with van der Waals surface area (Å²) in [5.74, 6) is 0.301. The normalized spacial score (nSPS) is 24.3. The van der Waals surface area contributed by atoms with E-state index in [0.29, 0.717) is 11.9 Å². The topological polar surface area (TPSA) is 23.6 Å². The van der Waals surface area contributed by atoms with Gasteiger partial charge in [-0.25, -0.2) is 0 Å². The lowest BCUT2D eigenvalue weighted by molar-refractivity contribution is -0.148. The first-order chi connectivity index (χ1) is 7.29. The zero-order valence-electron chi connectivity index (χ0n) is 11.6. The number of hydrogen-bond acceptors (Lipinski definition) is 2. The Morgan fingerprint density at radius 2 is 1.88 bits per heavy atom. The van der Waals surface area contributed by atoms with Gasteiger partial charge in [0.2, 0.25) is 5.91 Å². The fraction of sp³-hybridized carbons (Fsp3) is 0.923. The summed E-state index contributed by atoms with van der Waals surface area (Å²) >= 11 is 0. The number of rotatable bonds is 2. The van der Waals surface area contributed by atoms with Gasteiger partial charge in [0.05, 0.1) is 6.04 Å². The molecule has 0 aromatic rings. The Balaban J connectivity index is 2.96. The van der Waals surface area contributed by atoms with Crippen molar-refractivity contribution in [3.8, 4) is 0 Å².